The highest BCUT2D eigenvalue weighted by Crippen LogP contribution is 2.21. The van der Waals surface area contributed by atoms with Crippen LogP contribution in [0.15, 0.2) is 54.6 Å². The first-order chi connectivity index (χ1) is 10.1. The summed E-state index contributed by atoms with van der Waals surface area (Å²) in [6.07, 6.45) is 0.687. The summed E-state index contributed by atoms with van der Waals surface area (Å²) in [5.74, 6) is -1.57. The molecule has 0 radical (unpaired) electrons. The number of carboxylic acid groups (broad SMARTS) is 1. The molecule has 1 atom stereocenters. The van der Waals surface area contributed by atoms with E-state index in [-0.39, 0.29) is 17.4 Å². The zero-order valence-electron chi connectivity index (χ0n) is 11.7. The van der Waals surface area contributed by atoms with Crippen LogP contribution in [0.1, 0.15) is 35.2 Å². The van der Waals surface area contributed by atoms with Gasteiger partial charge in [0.15, 0.2) is 0 Å². The summed E-state index contributed by atoms with van der Waals surface area (Å²) in [5.41, 5.74) is 1.62. The molecule has 0 aliphatic carbocycles. The first-order valence-electron chi connectivity index (χ1n) is 6.79. The third-order valence-corrected chi connectivity index (χ3v) is 3.31. The first kappa shape index (κ1) is 14.8. The quantitative estimate of drug-likeness (QED) is 0.913. The zero-order chi connectivity index (χ0) is 15.2. The van der Waals surface area contributed by atoms with Gasteiger partial charge in [0.25, 0.3) is 0 Å². The number of nitrogens with one attached hydrogen (secondary N) is 1. The number of carboxylic acids is 1. The third-order valence-electron chi connectivity index (χ3n) is 3.31. The molecule has 1 amide bonds. The van der Waals surface area contributed by atoms with Gasteiger partial charge in [-0.25, -0.2) is 0 Å². The molecule has 2 aromatic rings. The Morgan fingerprint density at radius 2 is 1.67 bits per heavy atom. The fourth-order valence-corrected chi connectivity index (χ4v) is 2.18. The number of benzene rings is 2. The van der Waals surface area contributed by atoms with E-state index in [1.165, 1.54) is 12.1 Å². The molecule has 0 spiro atoms. The normalized spacial score (nSPS) is 11.7. The lowest BCUT2D eigenvalue weighted by atomic mass is 9.95. The van der Waals surface area contributed by atoms with Crippen molar-refractivity contribution >= 4 is 17.6 Å². The molecular weight excluding hydrogens is 266 g/mol. The third kappa shape index (κ3) is 3.69. The summed E-state index contributed by atoms with van der Waals surface area (Å²) < 4.78 is 0. The van der Waals surface area contributed by atoms with E-state index in [9.17, 15) is 14.7 Å². The predicted octanol–water partition coefficient (Wildman–Crippen LogP) is 2.18. The smallest absolute Gasteiger partial charge is 0.231 e. The lowest BCUT2D eigenvalue weighted by Crippen LogP contribution is -2.22. The summed E-state index contributed by atoms with van der Waals surface area (Å²) >= 11 is 0. The number of amides is 1. The molecule has 0 aliphatic heterocycles. The van der Waals surface area contributed by atoms with Crippen LogP contribution in [0, 0.1) is 0 Å². The Morgan fingerprint density at radius 3 is 2.19 bits per heavy atom. The maximum absolute atomic E-state index is 12.3. The van der Waals surface area contributed by atoms with Crippen molar-refractivity contribution in [1.82, 2.24) is 0 Å². The van der Waals surface area contributed by atoms with E-state index < -0.39 is 5.97 Å². The van der Waals surface area contributed by atoms with E-state index in [0.29, 0.717) is 12.1 Å². The molecule has 0 aromatic heterocycles. The summed E-state index contributed by atoms with van der Waals surface area (Å²) in [6, 6.07) is 15.5. The SMILES string of the molecule is CC[C@H](C(=O)Nc1ccc(C(=O)[O-])cc1)c1ccccc1. The lowest BCUT2D eigenvalue weighted by molar-refractivity contribution is -0.255. The van der Waals surface area contributed by atoms with Crippen molar-refractivity contribution in [3.8, 4) is 0 Å². The zero-order valence-corrected chi connectivity index (χ0v) is 11.7. The second kappa shape index (κ2) is 6.70. The first-order valence-corrected chi connectivity index (χ1v) is 6.79. The molecule has 0 saturated carbocycles. The number of carbonyl (C=O) groups is 2. The molecular formula is C17H16NO3-. The van der Waals surface area contributed by atoms with Crippen LogP contribution in [-0.2, 0) is 4.79 Å². The Labute approximate surface area is 123 Å². The van der Waals surface area contributed by atoms with E-state index in [2.05, 4.69) is 5.32 Å². The van der Waals surface area contributed by atoms with Crippen molar-refractivity contribution in [2.24, 2.45) is 0 Å². The molecule has 21 heavy (non-hydrogen) atoms. The Hall–Kier alpha value is -2.62. The highest BCUT2D eigenvalue weighted by atomic mass is 16.4. The number of carbonyl (C=O) groups excluding carboxylic acids is 2. The maximum Gasteiger partial charge on any atom is 0.231 e. The summed E-state index contributed by atoms with van der Waals surface area (Å²) in [4.78, 5) is 23.0. The second-order valence-corrected chi connectivity index (χ2v) is 4.73. The topological polar surface area (TPSA) is 69.2 Å². The fraction of sp³-hybridized carbons (Fsp3) is 0.176. The fourth-order valence-electron chi connectivity index (χ4n) is 2.18. The van der Waals surface area contributed by atoms with Gasteiger partial charge in [-0.3, -0.25) is 4.79 Å². The molecule has 0 bridgehead atoms. The van der Waals surface area contributed by atoms with Crippen LogP contribution >= 0.6 is 0 Å². The van der Waals surface area contributed by atoms with Crippen molar-refractivity contribution in [2.45, 2.75) is 19.3 Å². The van der Waals surface area contributed by atoms with E-state index in [1.54, 1.807) is 12.1 Å². The van der Waals surface area contributed by atoms with Crippen LogP contribution in [0.25, 0.3) is 0 Å². The van der Waals surface area contributed by atoms with Crippen molar-refractivity contribution in [3.63, 3.8) is 0 Å². The molecule has 0 saturated heterocycles. The largest absolute Gasteiger partial charge is 0.545 e. The molecule has 108 valence electrons. The minimum Gasteiger partial charge on any atom is -0.545 e. The highest BCUT2D eigenvalue weighted by Gasteiger charge is 2.18. The van der Waals surface area contributed by atoms with Crippen molar-refractivity contribution < 1.29 is 14.7 Å². The average Bonchev–Trinajstić information content (AvgIpc) is 2.49. The van der Waals surface area contributed by atoms with E-state index in [0.717, 1.165) is 5.56 Å². The molecule has 0 fully saturated rings. The van der Waals surface area contributed by atoms with Gasteiger partial charge >= 0.3 is 0 Å². The number of hydrogen-bond donors (Lipinski definition) is 1. The maximum atomic E-state index is 12.3. The summed E-state index contributed by atoms with van der Waals surface area (Å²) in [5, 5.41) is 13.5. The molecule has 4 heteroatoms. The standard InChI is InChI=1S/C17H17NO3/c1-2-15(12-6-4-3-5-7-12)16(19)18-14-10-8-13(9-11-14)17(20)21/h3-11,15H,2H2,1H3,(H,18,19)(H,20,21)/p-1/t15-/m0/s1. The minimum atomic E-state index is -1.23. The van der Waals surface area contributed by atoms with Gasteiger partial charge in [0.1, 0.15) is 0 Å². The monoisotopic (exact) mass is 282 g/mol. The van der Waals surface area contributed by atoms with Gasteiger partial charge in [-0.15, -0.1) is 0 Å². The van der Waals surface area contributed by atoms with Crippen LogP contribution < -0.4 is 10.4 Å². The molecule has 2 rings (SSSR count). The molecule has 0 heterocycles. The van der Waals surface area contributed by atoms with E-state index in [1.807, 2.05) is 37.3 Å². The minimum absolute atomic E-state index is 0.0862. The predicted molar refractivity (Wildman–Crippen MR) is 78.9 cm³/mol. The van der Waals surface area contributed by atoms with Gasteiger partial charge in [0.05, 0.1) is 11.9 Å². The van der Waals surface area contributed by atoms with Crippen molar-refractivity contribution in [2.75, 3.05) is 5.32 Å². The van der Waals surface area contributed by atoms with Gasteiger partial charge in [-0.2, -0.15) is 0 Å². The van der Waals surface area contributed by atoms with Crippen molar-refractivity contribution in [1.29, 1.82) is 0 Å². The highest BCUT2D eigenvalue weighted by molar-refractivity contribution is 5.96. The van der Waals surface area contributed by atoms with E-state index >= 15 is 0 Å². The number of hydrogen-bond acceptors (Lipinski definition) is 3. The van der Waals surface area contributed by atoms with Crippen LogP contribution in [0.3, 0.4) is 0 Å². The van der Waals surface area contributed by atoms with Gasteiger partial charge in [-0.05, 0) is 29.7 Å². The summed E-state index contributed by atoms with van der Waals surface area (Å²) in [6.45, 7) is 1.95. The van der Waals surface area contributed by atoms with Crippen molar-refractivity contribution in [3.05, 3.63) is 65.7 Å². The molecule has 2 aromatic carbocycles. The van der Waals surface area contributed by atoms with Crippen LogP contribution in [0.2, 0.25) is 0 Å². The molecule has 1 N–H and O–H groups in total. The molecule has 0 aliphatic rings. The van der Waals surface area contributed by atoms with Gasteiger partial charge in [-0.1, -0.05) is 49.4 Å². The average molecular weight is 282 g/mol. The van der Waals surface area contributed by atoms with Crippen LogP contribution in [0.5, 0.6) is 0 Å². The molecule has 4 nitrogen and oxygen atoms in total. The molecule has 0 unspecified atom stereocenters. The second-order valence-electron chi connectivity index (χ2n) is 4.73. The van der Waals surface area contributed by atoms with Gasteiger partial charge in [0.2, 0.25) is 5.91 Å². The Kier molecular flexibility index (Phi) is 4.72. The van der Waals surface area contributed by atoms with Crippen LogP contribution in [-0.4, -0.2) is 11.9 Å². The summed E-state index contributed by atoms with van der Waals surface area (Å²) in [7, 11) is 0. The Morgan fingerprint density at radius 1 is 1.05 bits per heavy atom. The van der Waals surface area contributed by atoms with Gasteiger partial charge < -0.3 is 15.2 Å². The number of rotatable bonds is 5. The number of aromatic carboxylic acids is 1. The Bertz CT molecular complexity index is 620. The van der Waals surface area contributed by atoms with E-state index in [4.69, 9.17) is 0 Å². The number of anilines is 1. The Balaban J connectivity index is 2.11. The lowest BCUT2D eigenvalue weighted by Gasteiger charge is -2.15. The van der Waals surface area contributed by atoms with Gasteiger partial charge in [0, 0.05) is 5.69 Å². The van der Waals surface area contributed by atoms with Crippen LogP contribution in [0.4, 0.5) is 5.69 Å².